The van der Waals surface area contributed by atoms with Crippen LogP contribution in [0.25, 0.3) is 0 Å². The van der Waals surface area contributed by atoms with E-state index in [4.69, 9.17) is 4.74 Å². The fraction of sp³-hybridized carbons (Fsp3) is 0.368. The number of benzene rings is 1. The summed E-state index contributed by atoms with van der Waals surface area (Å²) in [6.07, 6.45) is -1.42. The molecule has 2 heterocycles. The third-order valence-electron chi connectivity index (χ3n) is 4.36. The molecule has 3 rings (SSSR count). The summed E-state index contributed by atoms with van der Waals surface area (Å²) in [7, 11) is 0. The van der Waals surface area contributed by atoms with Crippen LogP contribution in [0.2, 0.25) is 0 Å². The van der Waals surface area contributed by atoms with Gasteiger partial charge in [0, 0.05) is 19.2 Å². The fourth-order valence-electron chi connectivity index (χ4n) is 3.10. The lowest BCUT2D eigenvalue weighted by Gasteiger charge is -2.24. The Morgan fingerprint density at radius 2 is 2.07 bits per heavy atom. The van der Waals surface area contributed by atoms with E-state index >= 15 is 0 Å². The number of carbonyl (C=O) groups excluding carboxylic acids is 2. The standard InChI is InChI=1S/C19H19F3N2O3/c20-19(21,22)12-27-14-4-1-3-13(11-14)8-9-23-18(26)16-6-7-17(25)15-5-2-10-24(15)16/h1-5,10-11,16H,6-9,12H2,(H,23,26). The molecule has 27 heavy (non-hydrogen) atoms. The van der Waals surface area contributed by atoms with Crippen molar-refractivity contribution in [2.75, 3.05) is 13.2 Å². The second kappa shape index (κ2) is 7.85. The lowest BCUT2D eigenvalue weighted by Crippen LogP contribution is -2.37. The number of ether oxygens (including phenoxy) is 1. The molecule has 0 spiro atoms. The van der Waals surface area contributed by atoms with Gasteiger partial charge in [0.2, 0.25) is 5.91 Å². The van der Waals surface area contributed by atoms with Gasteiger partial charge in [-0.2, -0.15) is 13.2 Å². The average molecular weight is 380 g/mol. The molecule has 1 aliphatic heterocycles. The molecular weight excluding hydrogens is 361 g/mol. The highest BCUT2D eigenvalue weighted by atomic mass is 19.4. The van der Waals surface area contributed by atoms with Gasteiger partial charge in [-0.1, -0.05) is 12.1 Å². The van der Waals surface area contributed by atoms with Crippen LogP contribution < -0.4 is 10.1 Å². The molecule has 144 valence electrons. The topological polar surface area (TPSA) is 60.3 Å². The summed E-state index contributed by atoms with van der Waals surface area (Å²) in [6.45, 7) is -1.00. The number of rotatable bonds is 6. The van der Waals surface area contributed by atoms with Crippen molar-refractivity contribution in [2.24, 2.45) is 0 Å². The van der Waals surface area contributed by atoms with Gasteiger partial charge in [0.05, 0.1) is 5.69 Å². The molecule has 0 aliphatic carbocycles. The second-order valence-corrected chi connectivity index (χ2v) is 6.37. The molecule has 0 radical (unpaired) electrons. The molecule has 1 aliphatic rings. The number of aromatic nitrogens is 1. The molecule has 1 atom stereocenters. The number of alkyl halides is 3. The number of fused-ring (bicyclic) bond motifs is 1. The van der Waals surface area contributed by atoms with Crippen molar-refractivity contribution in [3.05, 3.63) is 53.9 Å². The maximum absolute atomic E-state index is 12.4. The van der Waals surface area contributed by atoms with Crippen LogP contribution in [-0.2, 0) is 11.2 Å². The van der Waals surface area contributed by atoms with Gasteiger partial charge in [-0.3, -0.25) is 9.59 Å². The average Bonchev–Trinajstić information content (AvgIpc) is 3.11. The molecule has 1 aromatic heterocycles. The number of carbonyl (C=O) groups is 2. The first-order chi connectivity index (χ1) is 12.8. The van der Waals surface area contributed by atoms with Crippen LogP contribution in [0.4, 0.5) is 13.2 Å². The highest BCUT2D eigenvalue weighted by Crippen LogP contribution is 2.25. The Balaban J connectivity index is 1.52. The molecule has 1 N–H and O–H groups in total. The molecule has 0 saturated carbocycles. The molecule has 5 nitrogen and oxygen atoms in total. The van der Waals surface area contributed by atoms with Gasteiger partial charge in [0.25, 0.3) is 0 Å². The van der Waals surface area contributed by atoms with Crippen LogP contribution in [0.15, 0.2) is 42.6 Å². The van der Waals surface area contributed by atoms with E-state index in [0.29, 0.717) is 31.5 Å². The minimum Gasteiger partial charge on any atom is -0.484 e. The minimum atomic E-state index is -4.39. The van der Waals surface area contributed by atoms with Crippen LogP contribution in [0.3, 0.4) is 0 Å². The zero-order chi connectivity index (χ0) is 19.4. The fourth-order valence-corrected chi connectivity index (χ4v) is 3.10. The first-order valence-electron chi connectivity index (χ1n) is 8.60. The number of amides is 1. The summed E-state index contributed by atoms with van der Waals surface area (Å²) < 4.78 is 43.1. The Labute approximate surface area is 154 Å². The zero-order valence-electron chi connectivity index (χ0n) is 14.5. The second-order valence-electron chi connectivity index (χ2n) is 6.37. The van der Waals surface area contributed by atoms with Crippen molar-refractivity contribution < 1.29 is 27.5 Å². The number of ketones is 1. The maximum Gasteiger partial charge on any atom is 0.422 e. The van der Waals surface area contributed by atoms with Crippen LogP contribution in [-0.4, -0.2) is 35.6 Å². The Morgan fingerprint density at radius 3 is 2.85 bits per heavy atom. The van der Waals surface area contributed by atoms with E-state index in [0.717, 1.165) is 5.56 Å². The van der Waals surface area contributed by atoms with Gasteiger partial charge in [-0.05, 0) is 42.7 Å². The molecule has 0 fully saturated rings. The van der Waals surface area contributed by atoms with E-state index in [-0.39, 0.29) is 17.4 Å². The number of hydrogen-bond donors (Lipinski definition) is 1. The zero-order valence-corrected chi connectivity index (χ0v) is 14.5. The van der Waals surface area contributed by atoms with Gasteiger partial charge < -0.3 is 14.6 Å². The SMILES string of the molecule is O=C1CCC(C(=O)NCCc2cccc(OCC(F)(F)F)c2)n2cccc21. The summed E-state index contributed by atoms with van der Waals surface area (Å²) >= 11 is 0. The van der Waals surface area contributed by atoms with E-state index < -0.39 is 18.8 Å². The van der Waals surface area contributed by atoms with Crippen molar-refractivity contribution >= 4 is 11.7 Å². The highest BCUT2D eigenvalue weighted by molar-refractivity contribution is 5.97. The predicted molar refractivity (Wildman–Crippen MR) is 91.7 cm³/mol. The van der Waals surface area contributed by atoms with Crippen LogP contribution in [0.5, 0.6) is 5.75 Å². The Bertz CT molecular complexity index is 830. The molecule has 0 saturated heterocycles. The lowest BCUT2D eigenvalue weighted by atomic mass is 10.0. The van der Waals surface area contributed by atoms with Gasteiger partial charge in [-0.25, -0.2) is 0 Å². The van der Waals surface area contributed by atoms with E-state index in [1.54, 1.807) is 35.0 Å². The number of halogens is 3. The molecule has 1 aromatic carbocycles. The summed E-state index contributed by atoms with van der Waals surface area (Å²) in [5.41, 5.74) is 1.30. The van der Waals surface area contributed by atoms with E-state index in [1.165, 1.54) is 12.1 Å². The van der Waals surface area contributed by atoms with Crippen LogP contribution in [0.1, 0.15) is 34.9 Å². The van der Waals surface area contributed by atoms with Gasteiger partial charge in [-0.15, -0.1) is 0 Å². The smallest absolute Gasteiger partial charge is 0.422 e. The van der Waals surface area contributed by atoms with Crippen LogP contribution in [0, 0.1) is 0 Å². The molecule has 8 heteroatoms. The molecule has 1 unspecified atom stereocenters. The van der Waals surface area contributed by atoms with Gasteiger partial charge >= 0.3 is 6.18 Å². The molecule has 1 amide bonds. The summed E-state index contributed by atoms with van der Waals surface area (Å²) in [5.74, 6) is -0.0110. The summed E-state index contributed by atoms with van der Waals surface area (Å²) in [5, 5.41) is 2.83. The third-order valence-corrected chi connectivity index (χ3v) is 4.36. The number of Topliss-reactive ketones (excluding diaryl/α,β-unsaturated/α-hetero) is 1. The molecular formula is C19H19F3N2O3. The highest BCUT2D eigenvalue weighted by Gasteiger charge is 2.29. The summed E-state index contributed by atoms with van der Waals surface area (Å²) in [4.78, 5) is 24.3. The van der Waals surface area contributed by atoms with Gasteiger partial charge in [0.15, 0.2) is 12.4 Å². The quantitative estimate of drug-likeness (QED) is 0.837. The van der Waals surface area contributed by atoms with Crippen molar-refractivity contribution in [3.63, 3.8) is 0 Å². The lowest BCUT2D eigenvalue weighted by molar-refractivity contribution is -0.153. The van der Waals surface area contributed by atoms with Crippen molar-refractivity contribution in [2.45, 2.75) is 31.5 Å². The number of hydrogen-bond acceptors (Lipinski definition) is 3. The first-order valence-corrected chi connectivity index (χ1v) is 8.60. The van der Waals surface area contributed by atoms with E-state index in [1.807, 2.05) is 0 Å². The van der Waals surface area contributed by atoms with E-state index in [9.17, 15) is 22.8 Å². The number of nitrogens with zero attached hydrogens (tertiary/aromatic N) is 1. The minimum absolute atomic E-state index is 0.0275. The van der Waals surface area contributed by atoms with Crippen LogP contribution >= 0.6 is 0 Å². The largest absolute Gasteiger partial charge is 0.484 e. The van der Waals surface area contributed by atoms with Crippen molar-refractivity contribution in [1.82, 2.24) is 9.88 Å². The summed E-state index contributed by atoms with van der Waals surface area (Å²) in [6, 6.07) is 9.38. The Morgan fingerprint density at radius 1 is 1.26 bits per heavy atom. The van der Waals surface area contributed by atoms with Crippen molar-refractivity contribution in [3.8, 4) is 5.75 Å². The Kier molecular flexibility index (Phi) is 5.53. The molecule has 2 aromatic rings. The first kappa shape index (κ1) is 19.0. The third kappa shape index (κ3) is 4.90. The molecule has 0 bridgehead atoms. The predicted octanol–water partition coefficient (Wildman–Crippen LogP) is 3.31. The monoisotopic (exact) mass is 380 g/mol. The maximum atomic E-state index is 12.4. The van der Waals surface area contributed by atoms with E-state index in [2.05, 4.69) is 5.32 Å². The van der Waals surface area contributed by atoms with Crippen molar-refractivity contribution in [1.29, 1.82) is 0 Å². The number of nitrogens with one attached hydrogen (secondary N) is 1. The normalized spacial score (nSPS) is 16.7. The van der Waals surface area contributed by atoms with Gasteiger partial charge in [0.1, 0.15) is 11.8 Å². The Hall–Kier alpha value is -2.77.